The second kappa shape index (κ2) is 8.00. The molecule has 1 heterocycles. The van der Waals surface area contributed by atoms with Gasteiger partial charge in [-0.25, -0.2) is 8.42 Å². The zero-order valence-electron chi connectivity index (χ0n) is 14.5. The van der Waals surface area contributed by atoms with Crippen molar-refractivity contribution in [2.45, 2.75) is 4.90 Å². The minimum atomic E-state index is -3.78. The van der Waals surface area contributed by atoms with E-state index in [-0.39, 0.29) is 29.2 Å². The third-order valence-electron chi connectivity index (χ3n) is 4.10. The lowest BCUT2D eigenvalue weighted by Crippen LogP contribution is -2.40. The molecule has 0 atom stereocenters. The first-order valence-electron chi connectivity index (χ1n) is 8.22. The number of nitro benzene ring substituents is 1. The van der Waals surface area contributed by atoms with Gasteiger partial charge in [0.05, 0.1) is 23.0 Å². The first kappa shape index (κ1) is 19.9. The van der Waals surface area contributed by atoms with Crippen LogP contribution in [0.1, 0.15) is 10.4 Å². The Bertz CT molecular complexity index is 1020. The minimum Gasteiger partial charge on any atom is -0.379 e. The van der Waals surface area contributed by atoms with Crippen LogP contribution in [0.2, 0.25) is 0 Å². The summed E-state index contributed by atoms with van der Waals surface area (Å²) in [5.74, 6) is -1.71. The van der Waals surface area contributed by atoms with Crippen molar-refractivity contribution in [2.24, 2.45) is 0 Å². The molecule has 0 bridgehead atoms. The number of anilines is 1. The van der Waals surface area contributed by atoms with E-state index in [0.29, 0.717) is 13.2 Å². The molecule has 0 aliphatic carbocycles. The number of rotatable bonds is 5. The number of carbonyl (C=O) groups is 1. The number of hydrogen-bond donors (Lipinski definition) is 1. The standard InChI is InChI=1S/C17H16FN3O6S/c18-15-5-4-13(11-16(15)21(23)24)19-17(22)12-2-1-3-14(10-12)28(25,26)20-6-8-27-9-7-20/h1-5,10-11H,6-9H2,(H,19,22). The number of nitrogens with one attached hydrogen (secondary N) is 1. The SMILES string of the molecule is O=C(Nc1ccc(F)c([N+](=O)[O-])c1)c1cccc(S(=O)(=O)N2CCOCC2)c1. The summed E-state index contributed by atoms with van der Waals surface area (Å²) < 4.78 is 45.2. The van der Waals surface area contributed by atoms with Crippen molar-refractivity contribution >= 4 is 27.3 Å². The van der Waals surface area contributed by atoms with E-state index >= 15 is 0 Å². The van der Waals surface area contributed by atoms with Crippen molar-refractivity contribution < 1.29 is 27.3 Å². The molecular weight excluding hydrogens is 393 g/mol. The van der Waals surface area contributed by atoms with Gasteiger partial charge in [-0.3, -0.25) is 14.9 Å². The molecular formula is C17H16FN3O6S. The maximum absolute atomic E-state index is 13.4. The molecule has 0 radical (unpaired) electrons. The first-order valence-corrected chi connectivity index (χ1v) is 9.66. The lowest BCUT2D eigenvalue weighted by molar-refractivity contribution is -0.387. The van der Waals surface area contributed by atoms with Gasteiger partial charge in [-0.15, -0.1) is 0 Å². The van der Waals surface area contributed by atoms with Crippen LogP contribution in [0.3, 0.4) is 0 Å². The summed E-state index contributed by atoms with van der Waals surface area (Å²) >= 11 is 0. The first-order chi connectivity index (χ1) is 13.3. The summed E-state index contributed by atoms with van der Waals surface area (Å²) in [6.07, 6.45) is 0. The summed E-state index contributed by atoms with van der Waals surface area (Å²) in [6.45, 7) is 1.03. The van der Waals surface area contributed by atoms with E-state index in [9.17, 15) is 27.7 Å². The van der Waals surface area contributed by atoms with Gasteiger partial charge in [0.1, 0.15) is 0 Å². The van der Waals surface area contributed by atoms with Gasteiger partial charge in [0.15, 0.2) is 0 Å². The summed E-state index contributed by atoms with van der Waals surface area (Å²) in [7, 11) is -3.78. The third kappa shape index (κ3) is 4.16. The molecule has 1 N–H and O–H groups in total. The number of benzene rings is 2. The molecule has 0 saturated carbocycles. The maximum Gasteiger partial charge on any atom is 0.306 e. The molecule has 2 aromatic rings. The zero-order chi connectivity index (χ0) is 20.3. The predicted molar refractivity (Wildman–Crippen MR) is 97.0 cm³/mol. The zero-order valence-corrected chi connectivity index (χ0v) is 15.3. The van der Waals surface area contributed by atoms with Crippen LogP contribution in [0.5, 0.6) is 0 Å². The largest absolute Gasteiger partial charge is 0.379 e. The molecule has 0 spiro atoms. The Morgan fingerprint density at radius 1 is 1.18 bits per heavy atom. The molecule has 28 heavy (non-hydrogen) atoms. The van der Waals surface area contributed by atoms with Crippen molar-refractivity contribution in [3.05, 3.63) is 64.0 Å². The number of carbonyl (C=O) groups excluding carboxylic acids is 1. The summed E-state index contributed by atoms with van der Waals surface area (Å²) in [4.78, 5) is 22.3. The average Bonchev–Trinajstić information content (AvgIpc) is 2.70. The van der Waals surface area contributed by atoms with Gasteiger partial charge in [-0.1, -0.05) is 6.07 Å². The number of nitrogens with zero attached hydrogens (tertiary/aromatic N) is 2. The second-order valence-corrected chi connectivity index (χ2v) is 7.86. The van der Waals surface area contributed by atoms with Crippen molar-refractivity contribution in [3.8, 4) is 0 Å². The number of sulfonamides is 1. The maximum atomic E-state index is 13.4. The lowest BCUT2D eigenvalue weighted by Gasteiger charge is -2.26. The quantitative estimate of drug-likeness (QED) is 0.596. The van der Waals surface area contributed by atoms with Crippen molar-refractivity contribution in [1.82, 2.24) is 4.31 Å². The number of morpholine rings is 1. The van der Waals surface area contributed by atoms with E-state index in [1.807, 2.05) is 0 Å². The van der Waals surface area contributed by atoms with Gasteiger partial charge in [-0.05, 0) is 30.3 Å². The summed E-state index contributed by atoms with van der Waals surface area (Å²) in [6, 6.07) is 8.37. The Balaban J connectivity index is 1.83. The van der Waals surface area contributed by atoms with Crippen LogP contribution >= 0.6 is 0 Å². The molecule has 9 nitrogen and oxygen atoms in total. The van der Waals surface area contributed by atoms with E-state index in [1.165, 1.54) is 34.6 Å². The molecule has 0 aromatic heterocycles. The highest BCUT2D eigenvalue weighted by molar-refractivity contribution is 7.89. The Kier molecular flexibility index (Phi) is 5.68. The van der Waals surface area contributed by atoms with E-state index in [2.05, 4.69) is 5.32 Å². The predicted octanol–water partition coefficient (Wildman–Crippen LogP) is 2.01. The summed E-state index contributed by atoms with van der Waals surface area (Å²) in [5.41, 5.74) is -0.720. The Labute approximate surface area is 159 Å². The van der Waals surface area contributed by atoms with Crippen molar-refractivity contribution in [2.75, 3.05) is 31.6 Å². The van der Waals surface area contributed by atoms with E-state index in [1.54, 1.807) is 0 Å². The number of amides is 1. The van der Waals surface area contributed by atoms with Gasteiger partial charge in [-0.2, -0.15) is 8.70 Å². The second-order valence-electron chi connectivity index (χ2n) is 5.92. The normalized spacial score (nSPS) is 15.2. The van der Waals surface area contributed by atoms with Gasteiger partial charge in [0, 0.05) is 30.4 Å². The van der Waals surface area contributed by atoms with Crippen molar-refractivity contribution in [3.63, 3.8) is 0 Å². The highest BCUT2D eigenvalue weighted by Gasteiger charge is 2.27. The Hall–Kier alpha value is -2.89. The molecule has 1 aliphatic heterocycles. The van der Waals surface area contributed by atoms with Gasteiger partial charge >= 0.3 is 5.69 Å². The molecule has 148 valence electrons. The highest BCUT2D eigenvalue weighted by Crippen LogP contribution is 2.23. The van der Waals surface area contributed by atoms with Crippen LogP contribution in [0, 0.1) is 15.9 Å². The number of hydrogen-bond acceptors (Lipinski definition) is 6. The lowest BCUT2D eigenvalue weighted by atomic mass is 10.2. The molecule has 0 unspecified atom stereocenters. The van der Waals surface area contributed by atoms with Crippen LogP contribution in [0.25, 0.3) is 0 Å². The van der Waals surface area contributed by atoms with E-state index in [4.69, 9.17) is 4.74 Å². The van der Waals surface area contributed by atoms with E-state index < -0.39 is 32.4 Å². The number of ether oxygens (including phenoxy) is 1. The molecule has 1 saturated heterocycles. The highest BCUT2D eigenvalue weighted by atomic mass is 32.2. The van der Waals surface area contributed by atoms with Crippen LogP contribution in [-0.2, 0) is 14.8 Å². The number of halogens is 1. The monoisotopic (exact) mass is 409 g/mol. The molecule has 1 aliphatic rings. The topological polar surface area (TPSA) is 119 Å². The van der Waals surface area contributed by atoms with Crippen molar-refractivity contribution in [1.29, 1.82) is 0 Å². The minimum absolute atomic E-state index is 0.0135. The van der Waals surface area contributed by atoms with Crippen LogP contribution in [0.4, 0.5) is 15.8 Å². The van der Waals surface area contributed by atoms with Crippen LogP contribution in [0.15, 0.2) is 47.4 Å². The molecule has 11 heteroatoms. The smallest absolute Gasteiger partial charge is 0.306 e. The fourth-order valence-electron chi connectivity index (χ4n) is 2.67. The van der Waals surface area contributed by atoms with Gasteiger partial charge in [0.25, 0.3) is 5.91 Å². The molecule has 1 amide bonds. The molecule has 3 rings (SSSR count). The van der Waals surface area contributed by atoms with Crippen LogP contribution in [-0.4, -0.2) is 49.9 Å². The molecule has 1 fully saturated rings. The average molecular weight is 409 g/mol. The molecule has 2 aromatic carbocycles. The van der Waals surface area contributed by atoms with Gasteiger partial charge < -0.3 is 10.1 Å². The Morgan fingerprint density at radius 2 is 1.89 bits per heavy atom. The third-order valence-corrected chi connectivity index (χ3v) is 6.00. The van der Waals surface area contributed by atoms with E-state index in [0.717, 1.165) is 12.1 Å². The summed E-state index contributed by atoms with van der Waals surface area (Å²) in [5, 5.41) is 13.2. The fraction of sp³-hybridized carbons (Fsp3) is 0.235. The van der Waals surface area contributed by atoms with Crippen LogP contribution < -0.4 is 5.32 Å². The Morgan fingerprint density at radius 3 is 2.57 bits per heavy atom. The fourth-order valence-corrected chi connectivity index (χ4v) is 4.12. The number of nitro groups is 1. The van der Waals surface area contributed by atoms with Gasteiger partial charge in [0.2, 0.25) is 15.8 Å².